The molecule has 0 saturated heterocycles. The normalized spacial score (nSPS) is 12.6. The molecule has 8 nitrogen and oxygen atoms in total. The topological polar surface area (TPSA) is 99.4 Å². The summed E-state index contributed by atoms with van der Waals surface area (Å²) in [5.41, 5.74) is 0.416. The summed E-state index contributed by atoms with van der Waals surface area (Å²) in [7, 11) is -1.42. The van der Waals surface area contributed by atoms with Gasteiger partial charge in [-0.2, -0.15) is 13.2 Å². The van der Waals surface area contributed by atoms with Crippen molar-refractivity contribution in [2.75, 3.05) is 13.2 Å². The largest absolute Gasteiger partial charge is 0.481 e. The van der Waals surface area contributed by atoms with E-state index in [9.17, 15) is 23.1 Å². The van der Waals surface area contributed by atoms with Gasteiger partial charge in [-0.1, -0.05) is 25.7 Å². The Morgan fingerprint density at radius 1 is 1.13 bits per heavy atom. The fraction of sp³-hybridized carbons (Fsp3) is 0.462. The van der Waals surface area contributed by atoms with E-state index in [0.717, 1.165) is 10.7 Å². The van der Waals surface area contributed by atoms with Gasteiger partial charge in [-0.3, -0.25) is 4.79 Å². The number of rotatable bonds is 11. The average Bonchev–Trinajstić information content (AvgIpc) is 3.24. The van der Waals surface area contributed by atoms with E-state index in [1.807, 2.05) is 0 Å². The summed E-state index contributed by atoms with van der Waals surface area (Å²) < 4.78 is 67.3. The smallest absolute Gasteiger partial charge is 0.453 e. The van der Waals surface area contributed by atoms with Gasteiger partial charge in [0.1, 0.15) is 19.2 Å². The highest BCUT2D eigenvalue weighted by molar-refractivity contribution is 6.76. The van der Waals surface area contributed by atoms with Crippen molar-refractivity contribution >= 4 is 14.0 Å². The first kappa shape index (κ1) is 30.2. The van der Waals surface area contributed by atoms with Gasteiger partial charge in [0.2, 0.25) is 5.88 Å². The molecule has 212 valence electrons. The van der Waals surface area contributed by atoms with Gasteiger partial charge in [0.05, 0.1) is 11.0 Å². The van der Waals surface area contributed by atoms with Crippen LogP contribution in [0.3, 0.4) is 0 Å². The van der Waals surface area contributed by atoms with Gasteiger partial charge in [-0.05, 0) is 50.1 Å². The van der Waals surface area contributed by atoms with Crippen LogP contribution in [-0.4, -0.2) is 52.1 Å². The summed E-state index contributed by atoms with van der Waals surface area (Å²) in [6, 6.07) is 6.48. The minimum Gasteiger partial charge on any atom is -0.481 e. The van der Waals surface area contributed by atoms with Gasteiger partial charge in [0.15, 0.2) is 5.82 Å². The number of ether oxygens (including phenoxy) is 2. The Balaban J connectivity index is 1.86. The number of carboxylic acid groups (broad SMARTS) is 1. The van der Waals surface area contributed by atoms with E-state index >= 15 is 4.39 Å². The number of aromatic nitrogens is 4. The number of aryl methyl sites for hydroxylation is 1. The number of halogens is 4. The molecule has 1 N–H and O–H groups in total. The van der Waals surface area contributed by atoms with Crippen LogP contribution in [0.1, 0.15) is 25.2 Å². The maximum absolute atomic E-state index is 15.3. The Bertz CT molecular complexity index is 1340. The second-order valence-corrected chi connectivity index (χ2v) is 16.7. The Labute approximate surface area is 225 Å². The van der Waals surface area contributed by atoms with Crippen LogP contribution in [0.4, 0.5) is 17.6 Å². The van der Waals surface area contributed by atoms with Crippen molar-refractivity contribution in [2.45, 2.75) is 59.4 Å². The minimum atomic E-state index is -4.80. The van der Waals surface area contributed by atoms with Crippen molar-refractivity contribution in [3.63, 3.8) is 0 Å². The fourth-order valence-electron chi connectivity index (χ4n) is 3.37. The average molecular weight is 569 g/mol. The van der Waals surface area contributed by atoms with Gasteiger partial charge >= 0.3 is 12.1 Å². The number of benzene rings is 1. The maximum atomic E-state index is 15.3. The molecule has 0 amide bonds. The highest BCUT2D eigenvalue weighted by atomic mass is 28.3. The third-order valence-electron chi connectivity index (χ3n) is 5.90. The molecule has 2 aromatic heterocycles. The maximum Gasteiger partial charge on any atom is 0.453 e. The van der Waals surface area contributed by atoms with E-state index in [2.05, 4.69) is 34.7 Å². The minimum absolute atomic E-state index is 0.0973. The summed E-state index contributed by atoms with van der Waals surface area (Å²) in [6.45, 7) is 11.2. The van der Waals surface area contributed by atoms with Crippen LogP contribution < -0.4 is 4.74 Å². The molecule has 0 fully saturated rings. The third-order valence-corrected chi connectivity index (χ3v) is 7.61. The molecule has 0 bridgehead atoms. The molecule has 0 saturated carbocycles. The first-order valence-corrected chi connectivity index (χ1v) is 15.9. The second kappa shape index (κ2) is 11.4. The zero-order valence-electron chi connectivity index (χ0n) is 22.7. The molecule has 0 aliphatic carbocycles. The molecule has 0 aliphatic heterocycles. The lowest BCUT2D eigenvalue weighted by Gasteiger charge is -2.19. The number of hydrogen-bond donors (Lipinski definition) is 1. The number of hydrogen-bond acceptors (Lipinski definition) is 6. The molecule has 0 atom stereocenters. The van der Waals surface area contributed by atoms with E-state index in [1.54, 1.807) is 19.1 Å². The van der Waals surface area contributed by atoms with Crippen LogP contribution in [0, 0.1) is 18.2 Å². The van der Waals surface area contributed by atoms with Crippen LogP contribution in [0.15, 0.2) is 30.5 Å². The molecule has 39 heavy (non-hydrogen) atoms. The Morgan fingerprint density at radius 3 is 2.38 bits per heavy atom. The number of nitrogens with zero attached hydrogens (tertiary/aromatic N) is 4. The van der Waals surface area contributed by atoms with Gasteiger partial charge in [-0.15, -0.1) is 5.10 Å². The summed E-state index contributed by atoms with van der Waals surface area (Å²) >= 11 is 0. The van der Waals surface area contributed by atoms with Gasteiger partial charge in [-0.25, -0.2) is 19.0 Å². The zero-order valence-corrected chi connectivity index (χ0v) is 23.7. The summed E-state index contributed by atoms with van der Waals surface area (Å²) in [6.07, 6.45) is -3.34. The van der Waals surface area contributed by atoms with E-state index in [4.69, 9.17) is 9.47 Å². The van der Waals surface area contributed by atoms with Crippen LogP contribution in [-0.2, 0) is 22.4 Å². The monoisotopic (exact) mass is 568 g/mol. The standard InChI is InChI=1S/C26H32F4N4O4Si/c1-16-11-21(38-14-25(2,3)24(35)36)31-13-19(16)17-7-8-18(20(27)12-17)22-32-23(26(28,29)30)33-34(22)15-37-9-10-39(4,5)6/h7-8,11-13H,9-10,14-15H2,1-6H3,(H,35,36). The quantitative estimate of drug-likeness (QED) is 0.165. The highest BCUT2D eigenvalue weighted by Crippen LogP contribution is 2.33. The second-order valence-electron chi connectivity index (χ2n) is 11.1. The van der Waals surface area contributed by atoms with Gasteiger partial charge < -0.3 is 14.6 Å². The molecule has 2 heterocycles. The van der Waals surface area contributed by atoms with Crippen molar-refractivity contribution < 1.29 is 36.9 Å². The van der Waals surface area contributed by atoms with Crippen molar-refractivity contribution in [1.82, 2.24) is 19.7 Å². The van der Waals surface area contributed by atoms with Crippen molar-refractivity contribution in [3.8, 4) is 28.4 Å². The molecular formula is C26H32F4N4O4Si. The fourth-order valence-corrected chi connectivity index (χ4v) is 4.13. The molecule has 13 heteroatoms. The lowest BCUT2D eigenvalue weighted by Crippen LogP contribution is -2.30. The van der Waals surface area contributed by atoms with Gasteiger partial charge in [0, 0.05) is 32.5 Å². The van der Waals surface area contributed by atoms with Crippen molar-refractivity contribution in [2.24, 2.45) is 5.41 Å². The van der Waals surface area contributed by atoms with E-state index < -0.39 is 37.3 Å². The van der Waals surface area contributed by atoms with E-state index in [0.29, 0.717) is 23.3 Å². The summed E-state index contributed by atoms with van der Waals surface area (Å²) in [4.78, 5) is 19.0. The van der Waals surface area contributed by atoms with E-state index in [1.165, 1.54) is 32.2 Å². The Morgan fingerprint density at radius 2 is 1.82 bits per heavy atom. The molecule has 0 radical (unpaired) electrons. The molecule has 0 aliphatic rings. The predicted octanol–water partition coefficient (Wildman–Crippen LogP) is 6.28. The lowest BCUT2D eigenvalue weighted by molar-refractivity contribution is -0.148. The number of aliphatic carboxylic acids is 1. The number of alkyl halides is 3. The Hall–Kier alpha value is -3.32. The number of carbonyl (C=O) groups is 1. The summed E-state index contributed by atoms with van der Waals surface area (Å²) in [5, 5.41) is 12.8. The molecule has 1 aromatic carbocycles. The van der Waals surface area contributed by atoms with Crippen LogP contribution in [0.25, 0.3) is 22.5 Å². The van der Waals surface area contributed by atoms with Crippen LogP contribution >= 0.6 is 0 Å². The number of carboxylic acids is 1. The first-order chi connectivity index (χ1) is 18.0. The molecule has 0 unspecified atom stereocenters. The number of pyridine rings is 1. The highest BCUT2D eigenvalue weighted by Gasteiger charge is 2.37. The molecular weight excluding hydrogens is 536 g/mol. The first-order valence-electron chi connectivity index (χ1n) is 12.2. The van der Waals surface area contributed by atoms with Crippen LogP contribution in [0.5, 0.6) is 5.88 Å². The Kier molecular flexibility index (Phi) is 8.85. The zero-order chi connectivity index (χ0) is 29.2. The van der Waals surface area contributed by atoms with E-state index in [-0.39, 0.29) is 30.6 Å². The predicted molar refractivity (Wildman–Crippen MR) is 139 cm³/mol. The molecule has 3 aromatic rings. The molecule has 0 spiro atoms. The SMILES string of the molecule is Cc1cc(OCC(C)(C)C(=O)O)ncc1-c1ccc(-c2nc(C(F)(F)F)nn2COCC[Si](C)(C)C)c(F)c1. The van der Waals surface area contributed by atoms with Crippen molar-refractivity contribution in [1.29, 1.82) is 0 Å². The third kappa shape index (κ3) is 7.85. The van der Waals surface area contributed by atoms with Crippen molar-refractivity contribution in [3.05, 3.63) is 47.7 Å². The summed E-state index contributed by atoms with van der Waals surface area (Å²) in [5.74, 6) is -3.26. The lowest BCUT2D eigenvalue weighted by atomic mass is 9.95. The van der Waals surface area contributed by atoms with Gasteiger partial charge in [0.25, 0.3) is 5.82 Å². The molecule has 3 rings (SSSR count). The van der Waals surface area contributed by atoms with Crippen LogP contribution in [0.2, 0.25) is 25.7 Å².